The fourth-order valence-electron chi connectivity index (χ4n) is 4.87. The zero-order valence-electron chi connectivity index (χ0n) is 22.2. The van der Waals surface area contributed by atoms with Crippen molar-refractivity contribution in [1.29, 1.82) is 5.41 Å². The Kier molecular flexibility index (Phi) is 9.14. The van der Waals surface area contributed by atoms with Gasteiger partial charge in [0.05, 0.1) is 11.4 Å². The number of rotatable bonds is 9. The van der Waals surface area contributed by atoms with E-state index in [1.807, 2.05) is 20.8 Å². The number of carbonyl (C=O) groups excluding carboxylic acids is 2. The fraction of sp³-hybridized carbons (Fsp3) is 0.692. The number of aliphatic hydroxyl groups excluding tert-OH is 1. The number of amidine groups is 1. The fourth-order valence-corrected chi connectivity index (χ4v) is 4.87. The molecular formula is C26H41N5O6. The van der Waals surface area contributed by atoms with Crippen molar-refractivity contribution < 1.29 is 28.9 Å². The van der Waals surface area contributed by atoms with Gasteiger partial charge >= 0.3 is 11.9 Å². The predicted octanol–water partition coefficient (Wildman–Crippen LogP) is 2.10. The average molecular weight is 520 g/mol. The maximum Gasteiger partial charge on any atom is 0.323 e. The van der Waals surface area contributed by atoms with E-state index in [1.54, 1.807) is 19.1 Å². The number of H-pyrrole nitrogens is 1. The van der Waals surface area contributed by atoms with Crippen LogP contribution in [0.3, 0.4) is 0 Å². The molecule has 1 aliphatic heterocycles. The Morgan fingerprint density at radius 1 is 1.32 bits per heavy atom. The SMILES string of the molecule is CC(C)(C)[C@@H](N)C(=O)OC[C@H]1O[C@@](C)(c2ccc(/C(N)=N\C=N)[nH]2)[C@H](O)[C@@H]1OC(=O)CC1CCCCC1. The van der Waals surface area contributed by atoms with E-state index in [1.165, 1.54) is 6.42 Å². The summed E-state index contributed by atoms with van der Waals surface area (Å²) in [6, 6.07) is 2.47. The van der Waals surface area contributed by atoms with Gasteiger partial charge in [-0.15, -0.1) is 0 Å². The molecule has 1 saturated carbocycles. The van der Waals surface area contributed by atoms with Crippen molar-refractivity contribution in [3.63, 3.8) is 0 Å². The molecule has 37 heavy (non-hydrogen) atoms. The van der Waals surface area contributed by atoms with Crippen LogP contribution in [-0.2, 0) is 29.4 Å². The van der Waals surface area contributed by atoms with Crippen molar-refractivity contribution in [3.05, 3.63) is 23.5 Å². The summed E-state index contributed by atoms with van der Waals surface area (Å²) in [7, 11) is 0. The van der Waals surface area contributed by atoms with Gasteiger partial charge in [0.2, 0.25) is 0 Å². The summed E-state index contributed by atoms with van der Waals surface area (Å²) < 4.78 is 17.5. The minimum absolute atomic E-state index is 0.0921. The van der Waals surface area contributed by atoms with Crippen LogP contribution in [0, 0.1) is 16.7 Å². The molecule has 0 amide bonds. The molecule has 2 aliphatic rings. The molecular weight excluding hydrogens is 478 g/mol. The lowest BCUT2D eigenvalue weighted by atomic mass is 9.87. The van der Waals surface area contributed by atoms with Gasteiger partial charge in [-0.1, -0.05) is 40.0 Å². The second-order valence-electron chi connectivity index (χ2n) is 11.3. The van der Waals surface area contributed by atoms with Crippen LogP contribution < -0.4 is 11.5 Å². The Labute approximate surface area is 217 Å². The lowest BCUT2D eigenvalue weighted by molar-refractivity contribution is -0.162. The Bertz CT molecular complexity index is 996. The standard InChI is InChI=1S/C26H41N5O6/c1-25(2,3)21(28)24(34)35-13-17-20(36-19(32)12-15-8-6-5-7-9-15)22(33)26(4,37-17)18-11-10-16(31-18)23(29)30-14-27/h10-11,14-15,17,20-22,31,33H,5-9,12-13,28H2,1-4H3,(H3,27,29,30)/t17-,20-,21+,22-,26+/m1/s1. The Balaban J connectivity index is 1.80. The molecule has 2 heterocycles. The van der Waals surface area contributed by atoms with Crippen molar-refractivity contribution >= 4 is 24.1 Å². The van der Waals surface area contributed by atoms with Crippen molar-refractivity contribution in [2.75, 3.05) is 6.61 Å². The number of nitrogens with one attached hydrogen (secondary N) is 2. The Hall–Kier alpha value is -2.76. The molecule has 0 radical (unpaired) electrons. The molecule has 0 bridgehead atoms. The monoisotopic (exact) mass is 519 g/mol. The maximum atomic E-state index is 12.9. The van der Waals surface area contributed by atoms with Crippen LogP contribution in [0.5, 0.6) is 0 Å². The van der Waals surface area contributed by atoms with Crippen LogP contribution >= 0.6 is 0 Å². The van der Waals surface area contributed by atoms with Crippen molar-refractivity contribution in [2.24, 2.45) is 27.8 Å². The van der Waals surface area contributed by atoms with Gasteiger partial charge in [-0.3, -0.25) is 15.0 Å². The number of nitrogens with two attached hydrogens (primary N) is 2. The first-order valence-electron chi connectivity index (χ1n) is 12.9. The van der Waals surface area contributed by atoms with E-state index in [0.717, 1.165) is 32.0 Å². The van der Waals surface area contributed by atoms with Crippen LogP contribution in [0.4, 0.5) is 0 Å². The molecule has 11 nitrogen and oxygen atoms in total. The van der Waals surface area contributed by atoms with Crippen molar-refractivity contribution in [3.8, 4) is 0 Å². The van der Waals surface area contributed by atoms with Crippen LogP contribution in [0.1, 0.15) is 77.6 Å². The molecule has 1 saturated heterocycles. The first-order chi connectivity index (χ1) is 17.4. The van der Waals surface area contributed by atoms with Crippen LogP contribution in [0.25, 0.3) is 0 Å². The molecule has 5 atom stereocenters. The minimum Gasteiger partial charge on any atom is -0.462 e. The molecule has 0 aromatic carbocycles. The highest BCUT2D eigenvalue weighted by Gasteiger charge is 2.56. The summed E-state index contributed by atoms with van der Waals surface area (Å²) in [6.45, 7) is 6.90. The summed E-state index contributed by atoms with van der Waals surface area (Å²) >= 11 is 0. The number of nitrogens with zero attached hydrogens (tertiary/aromatic N) is 1. The highest BCUT2D eigenvalue weighted by atomic mass is 16.6. The molecule has 206 valence electrons. The van der Waals surface area contributed by atoms with E-state index < -0.39 is 47.3 Å². The Morgan fingerprint density at radius 2 is 2.00 bits per heavy atom. The van der Waals surface area contributed by atoms with Gasteiger partial charge in [0.15, 0.2) is 6.10 Å². The van der Waals surface area contributed by atoms with Gasteiger partial charge in [-0.2, -0.15) is 0 Å². The van der Waals surface area contributed by atoms with Gasteiger partial charge in [-0.25, -0.2) is 4.99 Å². The Morgan fingerprint density at radius 3 is 2.62 bits per heavy atom. The first-order valence-corrected chi connectivity index (χ1v) is 12.9. The first kappa shape index (κ1) is 28.8. The zero-order valence-corrected chi connectivity index (χ0v) is 22.2. The minimum atomic E-state index is -1.33. The van der Waals surface area contributed by atoms with Crippen molar-refractivity contribution in [1.82, 2.24) is 4.98 Å². The third kappa shape index (κ3) is 6.77. The summed E-state index contributed by atoms with van der Waals surface area (Å²) in [4.78, 5) is 32.2. The molecule has 1 aliphatic carbocycles. The van der Waals surface area contributed by atoms with E-state index >= 15 is 0 Å². The molecule has 1 aromatic rings. The van der Waals surface area contributed by atoms with Crippen LogP contribution in [0.15, 0.2) is 17.1 Å². The van der Waals surface area contributed by atoms with E-state index in [0.29, 0.717) is 11.4 Å². The lowest BCUT2D eigenvalue weighted by Gasteiger charge is -2.27. The number of hydrogen-bond acceptors (Lipinski definition) is 8. The summed E-state index contributed by atoms with van der Waals surface area (Å²) in [6.07, 6.45) is 3.15. The van der Waals surface area contributed by atoms with E-state index in [-0.39, 0.29) is 24.8 Å². The molecule has 0 unspecified atom stereocenters. The largest absolute Gasteiger partial charge is 0.462 e. The molecule has 0 spiro atoms. The highest BCUT2D eigenvalue weighted by molar-refractivity contribution is 5.99. The number of aliphatic imine (C=N–C) groups is 1. The second kappa shape index (κ2) is 11.7. The lowest BCUT2D eigenvalue weighted by Crippen LogP contribution is -2.45. The summed E-state index contributed by atoms with van der Waals surface area (Å²) in [5.41, 5.74) is 11.0. The number of carbonyl (C=O) groups is 2. The smallest absolute Gasteiger partial charge is 0.323 e. The third-order valence-corrected chi connectivity index (χ3v) is 7.36. The zero-order chi connectivity index (χ0) is 27.4. The number of ether oxygens (including phenoxy) is 3. The van der Waals surface area contributed by atoms with Gasteiger partial charge in [0.1, 0.15) is 42.6 Å². The summed E-state index contributed by atoms with van der Waals surface area (Å²) in [5, 5.41) is 18.5. The van der Waals surface area contributed by atoms with Gasteiger partial charge in [0, 0.05) is 6.42 Å². The van der Waals surface area contributed by atoms with Crippen molar-refractivity contribution in [2.45, 2.75) is 96.2 Å². The van der Waals surface area contributed by atoms with E-state index in [4.69, 9.17) is 31.1 Å². The van der Waals surface area contributed by atoms with Gasteiger partial charge in [-0.05, 0) is 43.2 Å². The maximum absolute atomic E-state index is 12.9. The quantitative estimate of drug-likeness (QED) is 0.186. The number of aliphatic hydroxyl groups is 1. The number of hydrogen-bond donors (Lipinski definition) is 5. The number of aromatic nitrogens is 1. The average Bonchev–Trinajstić information content (AvgIpc) is 3.43. The van der Waals surface area contributed by atoms with E-state index in [2.05, 4.69) is 9.98 Å². The summed E-state index contributed by atoms with van der Waals surface area (Å²) in [5.74, 6) is -0.671. The normalized spacial score (nSPS) is 28.1. The van der Waals surface area contributed by atoms with Gasteiger partial charge in [0.25, 0.3) is 0 Å². The molecule has 11 heteroatoms. The van der Waals surface area contributed by atoms with Crippen LogP contribution in [-0.4, -0.2) is 65.2 Å². The molecule has 2 fully saturated rings. The molecule has 1 aromatic heterocycles. The van der Waals surface area contributed by atoms with E-state index in [9.17, 15) is 14.7 Å². The number of esters is 2. The van der Waals surface area contributed by atoms with Gasteiger partial charge < -0.3 is 35.8 Å². The molecule has 3 rings (SSSR count). The predicted molar refractivity (Wildman–Crippen MR) is 138 cm³/mol. The highest BCUT2D eigenvalue weighted by Crippen LogP contribution is 2.41. The topological polar surface area (TPSA) is 186 Å². The number of aromatic amines is 1. The third-order valence-electron chi connectivity index (χ3n) is 7.36. The second-order valence-corrected chi connectivity index (χ2v) is 11.3. The van der Waals surface area contributed by atoms with Crippen LogP contribution in [0.2, 0.25) is 0 Å². The molecule has 7 N–H and O–H groups in total.